The van der Waals surface area contributed by atoms with E-state index in [1.54, 1.807) is 44.6 Å². The smallest absolute Gasteiger partial charge is 0.290 e. The third-order valence-electron chi connectivity index (χ3n) is 4.93. The van der Waals surface area contributed by atoms with Crippen molar-refractivity contribution in [3.8, 4) is 34.1 Å². The normalized spacial score (nSPS) is 11.1. The lowest BCUT2D eigenvalue weighted by Crippen LogP contribution is -2.13. The Labute approximate surface area is 201 Å². The van der Waals surface area contributed by atoms with Gasteiger partial charge in [-0.2, -0.15) is 10.1 Å². The van der Waals surface area contributed by atoms with Crippen LogP contribution in [0.5, 0.6) is 11.5 Å². The van der Waals surface area contributed by atoms with Crippen LogP contribution in [0.15, 0.2) is 63.0 Å². The van der Waals surface area contributed by atoms with E-state index in [4.69, 9.17) is 25.6 Å². The highest BCUT2D eigenvalue weighted by atomic mass is 35.5. The molecule has 3 heterocycles. The van der Waals surface area contributed by atoms with Crippen molar-refractivity contribution in [1.29, 1.82) is 0 Å². The summed E-state index contributed by atoms with van der Waals surface area (Å²) in [5.41, 5.74) is 2.10. The number of ether oxygens (including phenoxy) is 2. The zero-order chi connectivity index (χ0) is 23.7. The van der Waals surface area contributed by atoms with Gasteiger partial charge in [-0.15, -0.1) is 5.10 Å². The molecule has 34 heavy (non-hydrogen) atoms. The van der Waals surface area contributed by atoms with Gasteiger partial charge in [-0.1, -0.05) is 40.7 Å². The number of H-pyrrole nitrogens is 1. The molecule has 0 bridgehead atoms. The standard InChI is InChI=1S/C22H17ClN6O4S/c1-31-17-7-6-12(9-18(17)32-2)15-10-16-21(30)25-26-22(29(16)27-15)34-11-19-24-20(28-33-19)13-4-3-5-14(23)8-13/h3-10H,11H2,1-2H3,(H,25,30). The number of hydrogen-bond acceptors (Lipinski definition) is 9. The minimum absolute atomic E-state index is 0.327. The number of benzene rings is 2. The minimum atomic E-state index is -0.357. The lowest BCUT2D eigenvalue weighted by atomic mass is 10.1. The van der Waals surface area contributed by atoms with Crippen molar-refractivity contribution >= 4 is 28.9 Å². The molecule has 0 fully saturated rings. The number of rotatable bonds is 7. The van der Waals surface area contributed by atoms with Crippen LogP contribution in [0.2, 0.25) is 5.02 Å². The van der Waals surface area contributed by atoms with Crippen molar-refractivity contribution in [1.82, 2.24) is 30.0 Å². The summed E-state index contributed by atoms with van der Waals surface area (Å²) in [6.45, 7) is 0. The molecule has 0 saturated heterocycles. The van der Waals surface area contributed by atoms with Gasteiger partial charge < -0.3 is 14.0 Å². The van der Waals surface area contributed by atoms with Crippen molar-refractivity contribution in [2.24, 2.45) is 0 Å². The molecule has 0 saturated carbocycles. The van der Waals surface area contributed by atoms with Gasteiger partial charge in [0.05, 0.1) is 25.7 Å². The highest BCUT2D eigenvalue weighted by Gasteiger charge is 2.16. The molecule has 5 aromatic rings. The first kappa shape index (κ1) is 22.0. The van der Waals surface area contributed by atoms with E-state index in [0.29, 0.717) is 50.4 Å². The Bertz CT molecular complexity index is 1550. The molecule has 10 nitrogen and oxygen atoms in total. The van der Waals surface area contributed by atoms with Gasteiger partial charge in [-0.05, 0) is 36.4 Å². The Morgan fingerprint density at radius 3 is 2.74 bits per heavy atom. The van der Waals surface area contributed by atoms with E-state index in [9.17, 15) is 4.79 Å². The van der Waals surface area contributed by atoms with Gasteiger partial charge in [-0.25, -0.2) is 9.61 Å². The zero-order valence-electron chi connectivity index (χ0n) is 18.0. The Hall–Kier alpha value is -3.83. The number of aromatic amines is 1. The van der Waals surface area contributed by atoms with Gasteiger partial charge in [0.25, 0.3) is 5.56 Å². The Morgan fingerprint density at radius 2 is 1.94 bits per heavy atom. The van der Waals surface area contributed by atoms with Crippen LogP contribution < -0.4 is 15.0 Å². The summed E-state index contributed by atoms with van der Waals surface area (Å²) >= 11 is 7.34. The molecule has 0 aliphatic carbocycles. The maximum atomic E-state index is 12.4. The van der Waals surface area contributed by atoms with Crippen LogP contribution in [0.4, 0.5) is 0 Å². The Kier molecular flexibility index (Phi) is 5.95. The van der Waals surface area contributed by atoms with Crippen molar-refractivity contribution in [2.45, 2.75) is 10.9 Å². The molecule has 0 aliphatic rings. The fraction of sp³-hybridized carbons (Fsp3) is 0.136. The van der Waals surface area contributed by atoms with Gasteiger partial charge in [0.1, 0.15) is 5.52 Å². The van der Waals surface area contributed by atoms with Crippen LogP contribution in [0.25, 0.3) is 28.2 Å². The maximum Gasteiger partial charge on any atom is 0.290 e. The number of thioether (sulfide) groups is 1. The summed E-state index contributed by atoms with van der Waals surface area (Å²) in [6, 6.07) is 14.3. The van der Waals surface area contributed by atoms with Gasteiger partial charge >= 0.3 is 0 Å². The highest BCUT2D eigenvalue weighted by Crippen LogP contribution is 2.32. The Balaban J connectivity index is 1.42. The van der Waals surface area contributed by atoms with Crippen molar-refractivity contribution in [3.05, 3.63) is 69.8 Å². The predicted octanol–water partition coefficient (Wildman–Crippen LogP) is 4.10. The second-order valence-electron chi connectivity index (χ2n) is 7.04. The summed E-state index contributed by atoms with van der Waals surface area (Å²) in [7, 11) is 3.13. The SMILES string of the molecule is COc1ccc(-c2cc3c(=O)[nH]nc(SCc4nc(-c5cccc(Cl)c5)no4)n3n2)cc1OC. The number of halogens is 1. The van der Waals surface area contributed by atoms with E-state index >= 15 is 0 Å². The fourth-order valence-corrected chi connectivity index (χ4v) is 4.24. The average Bonchev–Trinajstić information content (AvgIpc) is 3.52. The lowest BCUT2D eigenvalue weighted by molar-refractivity contribution is 0.355. The van der Waals surface area contributed by atoms with Crippen molar-refractivity contribution < 1.29 is 14.0 Å². The molecular weight excluding hydrogens is 480 g/mol. The van der Waals surface area contributed by atoms with Crippen LogP contribution >= 0.6 is 23.4 Å². The summed E-state index contributed by atoms with van der Waals surface area (Å²) in [4.78, 5) is 16.8. The number of nitrogens with zero attached hydrogens (tertiary/aromatic N) is 5. The first-order chi connectivity index (χ1) is 16.6. The Morgan fingerprint density at radius 1 is 1.09 bits per heavy atom. The average molecular weight is 497 g/mol. The topological polar surface area (TPSA) is 120 Å². The molecule has 12 heteroatoms. The molecule has 0 amide bonds. The summed E-state index contributed by atoms with van der Waals surface area (Å²) in [5.74, 6) is 2.32. The van der Waals surface area contributed by atoms with E-state index in [1.807, 2.05) is 18.2 Å². The summed E-state index contributed by atoms with van der Waals surface area (Å²) in [6.07, 6.45) is 0. The fourth-order valence-electron chi connectivity index (χ4n) is 3.31. The van der Waals surface area contributed by atoms with Gasteiger partial charge in [0.2, 0.25) is 16.9 Å². The van der Waals surface area contributed by atoms with Crippen LogP contribution in [-0.4, -0.2) is 44.2 Å². The number of hydrogen-bond donors (Lipinski definition) is 1. The first-order valence-corrected chi connectivity index (χ1v) is 11.3. The summed E-state index contributed by atoms with van der Waals surface area (Å²) in [5, 5.41) is 16.3. The zero-order valence-corrected chi connectivity index (χ0v) is 19.6. The third-order valence-corrected chi connectivity index (χ3v) is 6.08. The second-order valence-corrected chi connectivity index (χ2v) is 8.42. The first-order valence-electron chi connectivity index (χ1n) is 9.98. The van der Waals surface area contributed by atoms with Gasteiger partial charge in [0.15, 0.2) is 11.5 Å². The van der Waals surface area contributed by atoms with Crippen LogP contribution in [-0.2, 0) is 5.75 Å². The van der Waals surface area contributed by atoms with E-state index in [1.165, 1.54) is 16.3 Å². The van der Waals surface area contributed by atoms with Gasteiger partial charge in [-0.3, -0.25) is 4.79 Å². The number of aromatic nitrogens is 6. The van der Waals surface area contributed by atoms with Crippen LogP contribution in [0.1, 0.15) is 5.89 Å². The predicted molar refractivity (Wildman–Crippen MR) is 126 cm³/mol. The number of fused-ring (bicyclic) bond motifs is 1. The number of methoxy groups -OCH3 is 2. The number of nitrogens with one attached hydrogen (secondary N) is 1. The van der Waals surface area contributed by atoms with E-state index in [-0.39, 0.29) is 5.56 Å². The van der Waals surface area contributed by atoms with Gasteiger partial charge in [0, 0.05) is 16.1 Å². The van der Waals surface area contributed by atoms with E-state index in [2.05, 4.69) is 25.4 Å². The largest absolute Gasteiger partial charge is 0.493 e. The molecule has 0 radical (unpaired) electrons. The van der Waals surface area contributed by atoms with Crippen molar-refractivity contribution in [3.63, 3.8) is 0 Å². The van der Waals surface area contributed by atoms with Crippen molar-refractivity contribution in [2.75, 3.05) is 14.2 Å². The molecule has 0 aliphatic heterocycles. The van der Waals surface area contributed by atoms with E-state index < -0.39 is 0 Å². The molecular formula is C22H17ClN6O4S. The molecule has 2 aromatic carbocycles. The minimum Gasteiger partial charge on any atom is -0.493 e. The van der Waals surface area contributed by atoms with Crippen LogP contribution in [0.3, 0.4) is 0 Å². The molecule has 0 spiro atoms. The quantitative estimate of drug-likeness (QED) is 0.332. The second kappa shape index (κ2) is 9.20. The molecule has 0 atom stereocenters. The molecule has 0 unspecified atom stereocenters. The van der Waals surface area contributed by atoms with Crippen LogP contribution in [0, 0.1) is 0 Å². The molecule has 1 N–H and O–H groups in total. The monoisotopic (exact) mass is 496 g/mol. The third kappa shape index (κ3) is 4.22. The maximum absolute atomic E-state index is 12.4. The highest BCUT2D eigenvalue weighted by molar-refractivity contribution is 7.98. The summed E-state index contributed by atoms with van der Waals surface area (Å²) < 4.78 is 17.5. The molecule has 3 aromatic heterocycles. The lowest BCUT2D eigenvalue weighted by Gasteiger charge is -2.08. The molecule has 5 rings (SSSR count). The molecule has 172 valence electrons. The van der Waals surface area contributed by atoms with E-state index in [0.717, 1.165) is 11.1 Å².